The van der Waals surface area contributed by atoms with Crippen LogP contribution in [0.3, 0.4) is 0 Å². The van der Waals surface area contributed by atoms with Crippen molar-refractivity contribution in [2.75, 3.05) is 14.2 Å². The van der Waals surface area contributed by atoms with E-state index in [1.807, 2.05) is 32.0 Å². The summed E-state index contributed by atoms with van der Waals surface area (Å²) in [7, 11) is 3.25. The monoisotopic (exact) mass is 450 g/mol. The number of hydrogen-bond acceptors (Lipinski definition) is 4. The lowest BCUT2D eigenvalue weighted by atomic mass is 10.0. The van der Waals surface area contributed by atoms with E-state index in [9.17, 15) is 0 Å². The number of aromatic nitrogens is 2. The highest BCUT2D eigenvalue weighted by Crippen LogP contribution is 2.39. The summed E-state index contributed by atoms with van der Waals surface area (Å²) in [5, 5.41) is 1.30. The molecule has 0 saturated heterocycles. The van der Waals surface area contributed by atoms with Gasteiger partial charge in [-0.25, -0.2) is 9.97 Å². The van der Waals surface area contributed by atoms with Gasteiger partial charge in [-0.05, 0) is 37.1 Å². The molecule has 0 saturated carbocycles. The van der Waals surface area contributed by atoms with E-state index in [0.29, 0.717) is 50.7 Å². The van der Waals surface area contributed by atoms with Gasteiger partial charge in [0.1, 0.15) is 11.5 Å². The molecule has 0 spiro atoms. The minimum Gasteiger partial charge on any atom is -0.497 e. The Hall–Kier alpha value is -2.01. The maximum Gasteiger partial charge on any atom is 0.132 e. The molecule has 0 aliphatic carbocycles. The summed E-state index contributed by atoms with van der Waals surface area (Å²) in [5.41, 5.74) is 4.63. The first-order valence-corrected chi connectivity index (χ1v) is 10.3. The van der Waals surface area contributed by atoms with Gasteiger partial charge >= 0.3 is 0 Å². The average Bonchev–Trinajstić information content (AvgIpc) is 2.74. The summed E-state index contributed by atoms with van der Waals surface area (Å²) in [5.74, 6) is 1.39. The molecule has 0 fully saturated rings. The van der Waals surface area contributed by atoms with Crippen LogP contribution < -0.4 is 9.47 Å². The molecule has 1 heterocycles. The first kappa shape index (κ1) is 21.7. The van der Waals surface area contributed by atoms with Crippen LogP contribution >= 0.6 is 34.8 Å². The molecule has 3 aromatic rings. The highest BCUT2D eigenvalue weighted by Gasteiger charge is 2.20. The van der Waals surface area contributed by atoms with Crippen LogP contribution in [-0.2, 0) is 12.8 Å². The van der Waals surface area contributed by atoms with Crippen LogP contribution in [0, 0.1) is 0 Å². The Labute approximate surface area is 185 Å². The van der Waals surface area contributed by atoms with E-state index in [1.54, 1.807) is 26.4 Å². The SMILES string of the molecule is CCc1nc(-c2cc(Cl)cc(Cl)c2Cl)c(CC)nc1-c1ccc(OC)cc1OC. The molecule has 0 N–H and O–H groups in total. The van der Waals surface area contributed by atoms with Gasteiger partial charge in [0.2, 0.25) is 0 Å². The van der Waals surface area contributed by atoms with E-state index in [2.05, 4.69) is 0 Å². The predicted molar refractivity (Wildman–Crippen MR) is 120 cm³/mol. The van der Waals surface area contributed by atoms with Gasteiger partial charge in [-0.3, -0.25) is 0 Å². The fourth-order valence-electron chi connectivity index (χ4n) is 3.15. The Balaban J connectivity index is 2.26. The van der Waals surface area contributed by atoms with E-state index in [0.717, 1.165) is 22.6 Å². The third kappa shape index (κ3) is 4.30. The molecule has 4 nitrogen and oxygen atoms in total. The van der Waals surface area contributed by atoms with E-state index in [4.69, 9.17) is 54.2 Å². The lowest BCUT2D eigenvalue weighted by Crippen LogP contribution is -2.05. The smallest absolute Gasteiger partial charge is 0.132 e. The Morgan fingerprint density at radius 2 is 1.41 bits per heavy atom. The minimum atomic E-state index is 0.386. The van der Waals surface area contributed by atoms with Crippen LogP contribution in [0.1, 0.15) is 25.2 Å². The first-order chi connectivity index (χ1) is 13.9. The lowest BCUT2D eigenvalue weighted by molar-refractivity contribution is 0.395. The molecule has 0 unspecified atom stereocenters. The van der Waals surface area contributed by atoms with E-state index < -0.39 is 0 Å². The van der Waals surface area contributed by atoms with Crippen molar-refractivity contribution in [2.24, 2.45) is 0 Å². The normalized spacial score (nSPS) is 10.9. The van der Waals surface area contributed by atoms with Crippen LogP contribution in [0.5, 0.6) is 11.5 Å². The number of aryl methyl sites for hydroxylation is 2. The summed E-state index contributed by atoms with van der Waals surface area (Å²) >= 11 is 18.9. The van der Waals surface area contributed by atoms with Gasteiger partial charge in [0, 0.05) is 22.2 Å². The standard InChI is InChI=1S/C22H21Cl3N2O2/c1-5-17-21(14-8-7-13(28-3)11-19(14)29-4)26-18(6-2)22(27-17)15-9-12(23)10-16(24)20(15)25/h7-11H,5-6H2,1-4H3. The van der Waals surface area contributed by atoms with Crippen molar-refractivity contribution < 1.29 is 9.47 Å². The number of methoxy groups -OCH3 is 2. The molecule has 0 amide bonds. The molecule has 0 atom stereocenters. The topological polar surface area (TPSA) is 44.2 Å². The van der Waals surface area contributed by atoms with Crippen LogP contribution in [0.25, 0.3) is 22.5 Å². The van der Waals surface area contributed by atoms with Crippen LogP contribution in [0.4, 0.5) is 0 Å². The van der Waals surface area contributed by atoms with Crippen molar-refractivity contribution >= 4 is 34.8 Å². The second kappa shape index (κ2) is 9.21. The van der Waals surface area contributed by atoms with Gasteiger partial charge in [0.15, 0.2) is 0 Å². The summed E-state index contributed by atoms with van der Waals surface area (Å²) in [6, 6.07) is 9.04. The summed E-state index contributed by atoms with van der Waals surface area (Å²) in [6.07, 6.45) is 1.35. The Kier molecular flexibility index (Phi) is 6.89. The molecule has 152 valence electrons. The average molecular weight is 452 g/mol. The first-order valence-electron chi connectivity index (χ1n) is 9.20. The predicted octanol–water partition coefficient (Wildman–Crippen LogP) is 6.91. The number of hydrogen-bond donors (Lipinski definition) is 0. The molecule has 2 aromatic carbocycles. The zero-order valence-electron chi connectivity index (χ0n) is 16.6. The molecule has 1 aromatic heterocycles. The maximum absolute atomic E-state index is 6.47. The highest BCUT2D eigenvalue weighted by molar-refractivity contribution is 6.45. The Morgan fingerprint density at radius 3 is 1.97 bits per heavy atom. The van der Waals surface area contributed by atoms with Crippen LogP contribution in [-0.4, -0.2) is 24.2 Å². The van der Waals surface area contributed by atoms with Crippen molar-refractivity contribution in [1.82, 2.24) is 9.97 Å². The molecular formula is C22H21Cl3N2O2. The number of rotatable bonds is 6. The number of ether oxygens (including phenoxy) is 2. The Bertz CT molecular complexity index is 1050. The number of benzene rings is 2. The molecule has 3 rings (SSSR count). The van der Waals surface area contributed by atoms with Gasteiger partial charge in [-0.2, -0.15) is 0 Å². The fraction of sp³-hybridized carbons (Fsp3) is 0.273. The molecule has 0 bridgehead atoms. The lowest BCUT2D eigenvalue weighted by Gasteiger charge is -2.17. The minimum absolute atomic E-state index is 0.386. The van der Waals surface area contributed by atoms with Gasteiger partial charge in [0.05, 0.1) is 47.0 Å². The van der Waals surface area contributed by atoms with E-state index in [-0.39, 0.29) is 0 Å². The van der Waals surface area contributed by atoms with E-state index in [1.165, 1.54) is 0 Å². The summed E-state index contributed by atoms with van der Waals surface area (Å²) in [4.78, 5) is 9.86. The summed E-state index contributed by atoms with van der Waals surface area (Å²) in [6.45, 7) is 4.06. The van der Waals surface area contributed by atoms with Crippen molar-refractivity contribution in [3.8, 4) is 34.0 Å². The molecule has 29 heavy (non-hydrogen) atoms. The van der Waals surface area contributed by atoms with Gasteiger partial charge < -0.3 is 9.47 Å². The zero-order chi connectivity index (χ0) is 21.1. The molecule has 0 aliphatic rings. The largest absolute Gasteiger partial charge is 0.497 e. The van der Waals surface area contributed by atoms with Crippen LogP contribution in [0.15, 0.2) is 30.3 Å². The third-order valence-electron chi connectivity index (χ3n) is 4.62. The number of halogens is 3. The zero-order valence-corrected chi connectivity index (χ0v) is 18.9. The molecule has 0 aliphatic heterocycles. The van der Waals surface area contributed by atoms with Crippen molar-refractivity contribution in [3.05, 3.63) is 56.8 Å². The van der Waals surface area contributed by atoms with Crippen molar-refractivity contribution in [1.29, 1.82) is 0 Å². The number of nitrogens with zero attached hydrogens (tertiary/aromatic N) is 2. The van der Waals surface area contributed by atoms with Gasteiger partial charge in [-0.15, -0.1) is 0 Å². The fourth-order valence-corrected chi connectivity index (χ4v) is 3.84. The van der Waals surface area contributed by atoms with Crippen molar-refractivity contribution in [2.45, 2.75) is 26.7 Å². The van der Waals surface area contributed by atoms with Gasteiger partial charge in [-0.1, -0.05) is 48.7 Å². The Morgan fingerprint density at radius 1 is 0.793 bits per heavy atom. The summed E-state index contributed by atoms with van der Waals surface area (Å²) < 4.78 is 10.9. The molecule has 7 heteroatoms. The van der Waals surface area contributed by atoms with E-state index >= 15 is 0 Å². The second-order valence-electron chi connectivity index (χ2n) is 6.34. The van der Waals surface area contributed by atoms with Crippen molar-refractivity contribution in [3.63, 3.8) is 0 Å². The highest BCUT2D eigenvalue weighted by atomic mass is 35.5. The van der Waals surface area contributed by atoms with Crippen LogP contribution in [0.2, 0.25) is 15.1 Å². The quantitative estimate of drug-likeness (QED) is 0.382. The third-order valence-corrected chi connectivity index (χ3v) is 5.64. The second-order valence-corrected chi connectivity index (χ2v) is 7.56. The molecular weight excluding hydrogens is 431 g/mol. The molecule has 0 radical (unpaired) electrons. The maximum atomic E-state index is 6.47. The van der Waals surface area contributed by atoms with Gasteiger partial charge in [0.25, 0.3) is 0 Å².